The normalized spacial score (nSPS) is 15.5. The van der Waals surface area contributed by atoms with Crippen molar-refractivity contribution in [1.82, 2.24) is 19.4 Å². The molecule has 0 bridgehead atoms. The van der Waals surface area contributed by atoms with Crippen LogP contribution in [0.25, 0.3) is 55.3 Å². The van der Waals surface area contributed by atoms with Gasteiger partial charge in [-0.15, -0.1) is 0 Å². The zero-order valence-corrected chi connectivity index (χ0v) is 33.7. The summed E-state index contributed by atoms with van der Waals surface area (Å²) in [7, 11) is 0. The Morgan fingerprint density at radius 2 is 0.917 bits per heavy atom. The number of hydrogen-bond donors (Lipinski definition) is 1. The second-order valence-corrected chi connectivity index (χ2v) is 17.4. The van der Waals surface area contributed by atoms with E-state index in [9.17, 15) is 0 Å². The Kier molecular flexibility index (Phi) is 7.43. The first-order chi connectivity index (χ1) is 29.8. The first-order valence-electron chi connectivity index (χ1n) is 20.2. The van der Waals surface area contributed by atoms with Crippen molar-refractivity contribution in [2.75, 3.05) is 9.80 Å². The van der Waals surface area contributed by atoms with E-state index < -0.39 is 0 Å². The van der Waals surface area contributed by atoms with Crippen LogP contribution in [0.3, 0.4) is 0 Å². The quantitative estimate of drug-likeness (QED) is 0.191. The highest BCUT2D eigenvalue weighted by atomic mass is 32.2. The van der Waals surface area contributed by atoms with E-state index in [1.165, 1.54) is 52.5 Å². The molecule has 3 aliphatic rings. The van der Waals surface area contributed by atoms with Crippen molar-refractivity contribution in [2.24, 2.45) is 0 Å². The first kappa shape index (κ1) is 33.8. The lowest BCUT2D eigenvalue weighted by atomic mass is 10.1. The van der Waals surface area contributed by atoms with Crippen LogP contribution in [0.15, 0.2) is 214 Å². The van der Waals surface area contributed by atoms with Crippen LogP contribution in [0, 0.1) is 0 Å². The SMILES string of the molecule is C1=CC(N2c3ccccc3Sc3ccccc32)NC(n2c3ccccc3c3ccc4c5ccccc5n(-c5cccc(N6c7ccccc7Sc7ccccc76)n5)c4c32)=C1. The Balaban J connectivity index is 1.04. The number of anilines is 5. The molecule has 1 N–H and O–H groups in total. The highest BCUT2D eigenvalue weighted by Gasteiger charge is 2.31. The summed E-state index contributed by atoms with van der Waals surface area (Å²) in [5.74, 6) is 2.74. The van der Waals surface area contributed by atoms with Gasteiger partial charge in [-0.25, -0.2) is 4.98 Å². The summed E-state index contributed by atoms with van der Waals surface area (Å²) < 4.78 is 4.82. The number of nitrogens with zero attached hydrogens (tertiary/aromatic N) is 5. The van der Waals surface area contributed by atoms with Crippen LogP contribution in [-0.2, 0) is 0 Å². The smallest absolute Gasteiger partial charge is 0.140 e. The van der Waals surface area contributed by atoms with E-state index in [1.807, 2.05) is 23.5 Å². The lowest BCUT2D eigenvalue weighted by molar-refractivity contribution is 0.686. The van der Waals surface area contributed by atoms with Crippen molar-refractivity contribution in [3.63, 3.8) is 0 Å². The number of pyridine rings is 1. The molecular formula is C52H34N6S2. The Morgan fingerprint density at radius 3 is 1.53 bits per heavy atom. The monoisotopic (exact) mass is 806 g/mol. The van der Waals surface area contributed by atoms with E-state index in [1.54, 1.807) is 0 Å². The van der Waals surface area contributed by atoms with Gasteiger partial charge in [0.15, 0.2) is 0 Å². The lowest BCUT2D eigenvalue weighted by Gasteiger charge is -2.39. The van der Waals surface area contributed by atoms with Gasteiger partial charge in [0, 0.05) is 41.1 Å². The molecule has 0 spiro atoms. The number of nitrogens with one attached hydrogen (secondary N) is 1. The van der Waals surface area contributed by atoms with Gasteiger partial charge in [0.25, 0.3) is 0 Å². The van der Waals surface area contributed by atoms with E-state index in [4.69, 9.17) is 4.98 Å². The highest BCUT2D eigenvalue weighted by molar-refractivity contribution is 8.00. The van der Waals surface area contributed by atoms with E-state index >= 15 is 0 Å². The fraction of sp³-hybridized carbons (Fsp3) is 0.0192. The zero-order valence-electron chi connectivity index (χ0n) is 32.1. The van der Waals surface area contributed by atoms with Crippen LogP contribution in [-0.4, -0.2) is 20.3 Å². The number of para-hydroxylation sites is 6. The van der Waals surface area contributed by atoms with Crippen molar-refractivity contribution >= 4 is 102 Å². The van der Waals surface area contributed by atoms with Gasteiger partial charge in [0.1, 0.15) is 23.6 Å². The van der Waals surface area contributed by atoms with Gasteiger partial charge in [0.2, 0.25) is 0 Å². The molecule has 0 saturated heterocycles. The number of hydrogen-bond acceptors (Lipinski definition) is 6. The Labute approximate surface area is 354 Å². The molecule has 0 radical (unpaired) electrons. The van der Waals surface area contributed by atoms with Crippen molar-refractivity contribution in [2.45, 2.75) is 25.7 Å². The standard InChI is InChI=1S/C52H34N6S2/c1-3-17-37-33(15-1)35-31-32-36-34-16-2-4-18-38(34)58(50-30-14-28-48(54-50)56-41-21-7-11-25-45(41)60-46-26-12-8-22-42(46)56)52(36)51(35)57(37)49-29-13-27-47(53-49)55-39-19-5-9-23-43(39)59-44-24-10-6-20-40(44)55/h1-32,47,53H. The maximum absolute atomic E-state index is 5.58. The third-order valence-electron chi connectivity index (χ3n) is 11.9. The molecule has 6 nitrogen and oxygen atoms in total. The zero-order chi connectivity index (χ0) is 39.3. The molecule has 284 valence electrons. The molecule has 0 saturated carbocycles. The predicted molar refractivity (Wildman–Crippen MR) is 250 cm³/mol. The van der Waals surface area contributed by atoms with E-state index in [-0.39, 0.29) is 6.17 Å². The number of allylic oxidation sites excluding steroid dienone is 2. The van der Waals surface area contributed by atoms with Gasteiger partial charge in [-0.2, -0.15) is 0 Å². The summed E-state index contributed by atoms with van der Waals surface area (Å²) in [5, 5.41) is 8.79. The third-order valence-corrected chi connectivity index (χ3v) is 14.2. The van der Waals surface area contributed by atoms with Gasteiger partial charge in [-0.3, -0.25) is 14.0 Å². The van der Waals surface area contributed by atoms with Crippen molar-refractivity contribution in [1.29, 1.82) is 0 Å². The average molecular weight is 807 g/mol. The Hall–Kier alpha value is -7.13. The number of dihydropyridines is 1. The predicted octanol–water partition coefficient (Wildman–Crippen LogP) is 13.8. The van der Waals surface area contributed by atoms with E-state index in [2.05, 4.69) is 218 Å². The maximum Gasteiger partial charge on any atom is 0.140 e. The molecular weight excluding hydrogens is 773 g/mol. The summed E-state index contributed by atoms with van der Waals surface area (Å²) >= 11 is 3.64. The molecule has 7 aromatic carbocycles. The summed E-state index contributed by atoms with van der Waals surface area (Å²) in [4.78, 5) is 15.2. The minimum atomic E-state index is -0.138. The minimum Gasteiger partial charge on any atom is -0.347 e. The van der Waals surface area contributed by atoms with E-state index in [0.29, 0.717) is 0 Å². The van der Waals surface area contributed by atoms with Gasteiger partial charge < -0.3 is 10.2 Å². The second kappa shape index (κ2) is 13.2. The summed E-state index contributed by atoms with van der Waals surface area (Å²) in [6.45, 7) is 0. The molecule has 13 rings (SSSR count). The van der Waals surface area contributed by atoms with Crippen LogP contribution >= 0.6 is 23.5 Å². The van der Waals surface area contributed by atoms with Crippen LogP contribution in [0.2, 0.25) is 0 Å². The largest absolute Gasteiger partial charge is 0.347 e. The molecule has 8 heteroatoms. The fourth-order valence-electron chi connectivity index (χ4n) is 9.42. The highest BCUT2D eigenvalue weighted by Crippen LogP contribution is 2.52. The van der Waals surface area contributed by atoms with Crippen LogP contribution in [0.4, 0.5) is 28.6 Å². The fourth-order valence-corrected chi connectivity index (χ4v) is 11.6. The number of fused-ring (bicyclic) bond motifs is 11. The number of aromatic nitrogens is 3. The molecule has 60 heavy (non-hydrogen) atoms. The average Bonchev–Trinajstić information content (AvgIpc) is 3.83. The van der Waals surface area contributed by atoms with Crippen molar-refractivity contribution in [3.8, 4) is 5.82 Å². The van der Waals surface area contributed by atoms with Crippen LogP contribution in [0.1, 0.15) is 0 Å². The first-order valence-corrected chi connectivity index (χ1v) is 21.8. The lowest BCUT2D eigenvalue weighted by Crippen LogP contribution is -2.44. The number of benzene rings is 7. The molecule has 6 heterocycles. The van der Waals surface area contributed by atoms with Gasteiger partial charge in [-0.05, 0) is 84.9 Å². The van der Waals surface area contributed by atoms with Crippen LogP contribution in [0.5, 0.6) is 0 Å². The van der Waals surface area contributed by atoms with Gasteiger partial charge in [-0.1, -0.05) is 133 Å². The number of rotatable bonds is 4. The molecule has 1 atom stereocenters. The van der Waals surface area contributed by atoms with Gasteiger partial charge >= 0.3 is 0 Å². The third kappa shape index (κ3) is 4.95. The molecule has 0 amide bonds. The molecule has 0 fully saturated rings. The van der Waals surface area contributed by atoms with E-state index in [0.717, 1.165) is 50.9 Å². The molecule has 0 aliphatic carbocycles. The second-order valence-electron chi connectivity index (χ2n) is 15.2. The molecule has 10 aromatic rings. The van der Waals surface area contributed by atoms with Crippen LogP contribution < -0.4 is 15.1 Å². The summed E-state index contributed by atoms with van der Waals surface area (Å²) in [5.41, 5.74) is 9.14. The summed E-state index contributed by atoms with van der Waals surface area (Å²) in [6, 6.07) is 63.2. The maximum atomic E-state index is 5.58. The molecule has 1 unspecified atom stereocenters. The Morgan fingerprint density at radius 1 is 0.433 bits per heavy atom. The molecule has 3 aliphatic heterocycles. The molecule has 3 aromatic heterocycles. The van der Waals surface area contributed by atoms with Gasteiger partial charge in [0.05, 0.1) is 44.8 Å². The van der Waals surface area contributed by atoms with Crippen molar-refractivity contribution < 1.29 is 0 Å². The van der Waals surface area contributed by atoms with Crippen molar-refractivity contribution in [3.05, 3.63) is 194 Å². The Bertz CT molecular complexity index is 3380. The summed E-state index contributed by atoms with van der Waals surface area (Å²) in [6.07, 6.45) is 6.55. The minimum absolute atomic E-state index is 0.138. The topological polar surface area (TPSA) is 41.3 Å².